The molecule has 0 radical (unpaired) electrons. The maximum absolute atomic E-state index is 8.57. The van der Waals surface area contributed by atoms with E-state index in [2.05, 4.69) is 10.3 Å². The Balaban J connectivity index is 2.59. The molecule has 1 heterocycles. The fourth-order valence-corrected chi connectivity index (χ4v) is 1.12. The number of nitrogens with one attached hydrogen (secondary N) is 1. The number of aryl methyl sites for hydroxylation is 1. The number of pyridine rings is 1. The Morgan fingerprint density at radius 2 is 2.31 bits per heavy atom. The van der Waals surface area contributed by atoms with Crippen molar-refractivity contribution in [2.75, 3.05) is 18.5 Å². The normalized spacial score (nSPS) is 10.1. The highest BCUT2D eigenvalue weighted by molar-refractivity contribution is 6.32. The molecule has 0 spiro atoms. The Hall–Kier alpha value is -0.800. The molecule has 72 valence electrons. The van der Waals surface area contributed by atoms with E-state index in [-0.39, 0.29) is 6.61 Å². The van der Waals surface area contributed by atoms with Gasteiger partial charge >= 0.3 is 0 Å². The number of halogens is 1. The van der Waals surface area contributed by atoms with E-state index in [4.69, 9.17) is 16.7 Å². The molecule has 4 heteroatoms. The van der Waals surface area contributed by atoms with Gasteiger partial charge in [-0.2, -0.15) is 0 Å². The molecule has 0 amide bonds. The van der Waals surface area contributed by atoms with E-state index >= 15 is 0 Å². The first-order chi connectivity index (χ1) is 6.24. The van der Waals surface area contributed by atoms with Crippen LogP contribution in [0.4, 0.5) is 5.82 Å². The van der Waals surface area contributed by atoms with Crippen molar-refractivity contribution >= 4 is 17.4 Å². The Labute approximate surface area is 82.8 Å². The Kier molecular flexibility index (Phi) is 3.99. The van der Waals surface area contributed by atoms with Gasteiger partial charge in [-0.05, 0) is 25.5 Å². The Morgan fingerprint density at radius 1 is 1.54 bits per heavy atom. The van der Waals surface area contributed by atoms with Crippen LogP contribution in [0.1, 0.15) is 12.1 Å². The standard InChI is InChI=1S/C9H13ClN2O/c1-7-3-4-8(10)9(12-7)11-5-2-6-13/h3-4,13H,2,5-6H2,1H3,(H,11,12). The highest BCUT2D eigenvalue weighted by atomic mass is 35.5. The molecule has 0 aromatic carbocycles. The van der Waals surface area contributed by atoms with Gasteiger partial charge in [0, 0.05) is 18.8 Å². The molecule has 0 unspecified atom stereocenters. The molecule has 0 aliphatic rings. The zero-order valence-corrected chi connectivity index (χ0v) is 8.30. The average Bonchev–Trinajstić information content (AvgIpc) is 2.11. The summed E-state index contributed by atoms with van der Waals surface area (Å²) in [7, 11) is 0. The van der Waals surface area contributed by atoms with Gasteiger partial charge in [-0.1, -0.05) is 11.6 Å². The van der Waals surface area contributed by atoms with Crippen LogP contribution in [0.2, 0.25) is 5.02 Å². The zero-order chi connectivity index (χ0) is 9.68. The molecule has 1 aromatic heterocycles. The van der Waals surface area contributed by atoms with Gasteiger partial charge in [-0.25, -0.2) is 4.98 Å². The second-order valence-corrected chi connectivity index (χ2v) is 3.19. The first-order valence-corrected chi connectivity index (χ1v) is 4.59. The summed E-state index contributed by atoms with van der Waals surface area (Å²) in [6.07, 6.45) is 0.700. The lowest BCUT2D eigenvalue weighted by Crippen LogP contribution is -2.05. The number of aromatic nitrogens is 1. The van der Waals surface area contributed by atoms with Gasteiger partial charge in [0.1, 0.15) is 5.82 Å². The molecule has 0 bridgehead atoms. The third-order valence-electron chi connectivity index (χ3n) is 1.61. The molecule has 0 atom stereocenters. The summed E-state index contributed by atoms with van der Waals surface area (Å²) in [5.41, 5.74) is 0.927. The van der Waals surface area contributed by atoms with E-state index in [0.717, 1.165) is 5.69 Å². The molecule has 0 fully saturated rings. The van der Waals surface area contributed by atoms with Crippen molar-refractivity contribution in [3.8, 4) is 0 Å². The topological polar surface area (TPSA) is 45.1 Å². The molecule has 0 aliphatic carbocycles. The van der Waals surface area contributed by atoms with Crippen LogP contribution in [0, 0.1) is 6.92 Å². The van der Waals surface area contributed by atoms with Crippen LogP contribution in [0.25, 0.3) is 0 Å². The number of nitrogens with zero attached hydrogens (tertiary/aromatic N) is 1. The van der Waals surface area contributed by atoms with Crippen molar-refractivity contribution in [1.82, 2.24) is 4.98 Å². The minimum atomic E-state index is 0.177. The molecule has 1 rings (SSSR count). The average molecular weight is 201 g/mol. The second kappa shape index (κ2) is 5.04. The molecule has 13 heavy (non-hydrogen) atoms. The number of anilines is 1. The van der Waals surface area contributed by atoms with Crippen molar-refractivity contribution in [3.63, 3.8) is 0 Å². The van der Waals surface area contributed by atoms with Crippen molar-refractivity contribution in [2.24, 2.45) is 0 Å². The number of hydrogen-bond donors (Lipinski definition) is 2. The van der Waals surface area contributed by atoms with Crippen LogP contribution in [0.15, 0.2) is 12.1 Å². The molecular weight excluding hydrogens is 188 g/mol. The van der Waals surface area contributed by atoms with Crippen LogP contribution < -0.4 is 5.32 Å². The lowest BCUT2D eigenvalue weighted by molar-refractivity contribution is 0.292. The number of hydrogen-bond acceptors (Lipinski definition) is 3. The van der Waals surface area contributed by atoms with Gasteiger partial charge in [0.15, 0.2) is 0 Å². The van der Waals surface area contributed by atoms with E-state index < -0.39 is 0 Å². The monoisotopic (exact) mass is 200 g/mol. The van der Waals surface area contributed by atoms with E-state index in [9.17, 15) is 0 Å². The third kappa shape index (κ3) is 3.20. The molecule has 0 saturated heterocycles. The van der Waals surface area contributed by atoms with E-state index in [1.807, 2.05) is 19.1 Å². The summed E-state index contributed by atoms with van der Waals surface area (Å²) in [6, 6.07) is 3.67. The van der Waals surface area contributed by atoms with Crippen LogP contribution in [-0.2, 0) is 0 Å². The smallest absolute Gasteiger partial charge is 0.145 e. The second-order valence-electron chi connectivity index (χ2n) is 2.79. The lowest BCUT2D eigenvalue weighted by atomic mass is 10.3. The Morgan fingerprint density at radius 3 is 3.00 bits per heavy atom. The molecule has 0 aliphatic heterocycles. The van der Waals surface area contributed by atoms with E-state index in [0.29, 0.717) is 23.8 Å². The zero-order valence-electron chi connectivity index (χ0n) is 7.55. The first-order valence-electron chi connectivity index (χ1n) is 4.22. The van der Waals surface area contributed by atoms with E-state index in [1.165, 1.54) is 0 Å². The van der Waals surface area contributed by atoms with Crippen molar-refractivity contribution in [3.05, 3.63) is 22.8 Å². The van der Waals surface area contributed by atoms with Crippen LogP contribution in [0.3, 0.4) is 0 Å². The fourth-order valence-electron chi connectivity index (χ4n) is 0.950. The van der Waals surface area contributed by atoms with Gasteiger partial charge < -0.3 is 10.4 Å². The minimum absolute atomic E-state index is 0.177. The number of rotatable bonds is 4. The van der Waals surface area contributed by atoms with Gasteiger partial charge in [0.2, 0.25) is 0 Å². The first kappa shape index (κ1) is 10.3. The van der Waals surface area contributed by atoms with Crippen LogP contribution >= 0.6 is 11.6 Å². The fraction of sp³-hybridized carbons (Fsp3) is 0.444. The molecule has 0 saturated carbocycles. The maximum atomic E-state index is 8.57. The number of aliphatic hydroxyl groups excluding tert-OH is 1. The van der Waals surface area contributed by atoms with Gasteiger partial charge in [0.05, 0.1) is 5.02 Å². The van der Waals surface area contributed by atoms with E-state index in [1.54, 1.807) is 0 Å². The predicted molar refractivity (Wildman–Crippen MR) is 54.2 cm³/mol. The summed E-state index contributed by atoms with van der Waals surface area (Å²) < 4.78 is 0. The summed E-state index contributed by atoms with van der Waals surface area (Å²) in [5.74, 6) is 0.690. The summed E-state index contributed by atoms with van der Waals surface area (Å²) in [5, 5.41) is 12.2. The molecular formula is C9H13ClN2O. The Bertz CT molecular complexity index is 278. The van der Waals surface area contributed by atoms with Gasteiger partial charge in [-0.15, -0.1) is 0 Å². The van der Waals surface area contributed by atoms with Crippen molar-refractivity contribution < 1.29 is 5.11 Å². The minimum Gasteiger partial charge on any atom is -0.396 e. The van der Waals surface area contributed by atoms with Gasteiger partial charge in [0.25, 0.3) is 0 Å². The summed E-state index contributed by atoms with van der Waals surface area (Å²) in [4.78, 5) is 4.22. The third-order valence-corrected chi connectivity index (χ3v) is 1.92. The molecule has 3 nitrogen and oxygen atoms in total. The summed E-state index contributed by atoms with van der Waals surface area (Å²) in [6.45, 7) is 2.77. The summed E-state index contributed by atoms with van der Waals surface area (Å²) >= 11 is 5.89. The molecule has 1 aromatic rings. The van der Waals surface area contributed by atoms with Gasteiger partial charge in [-0.3, -0.25) is 0 Å². The highest BCUT2D eigenvalue weighted by Crippen LogP contribution is 2.18. The van der Waals surface area contributed by atoms with Crippen molar-refractivity contribution in [2.45, 2.75) is 13.3 Å². The SMILES string of the molecule is Cc1ccc(Cl)c(NCCCO)n1. The highest BCUT2D eigenvalue weighted by Gasteiger charge is 2.00. The van der Waals surface area contributed by atoms with Crippen LogP contribution in [-0.4, -0.2) is 23.2 Å². The molecule has 2 N–H and O–H groups in total. The predicted octanol–water partition coefficient (Wildman–Crippen LogP) is 1.84. The lowest BCUT2D eigenvalue weighted by Gasteiger charge is -2.06. The largest absolute Gasteiger partial charge is 0.396 e. The quantitative estimate of drug-likeness (QED) is 0.730. The van der Waals surface area contributed by atoms with Crippen molar-refractivity contribution in [1.29, 1.82) is 0 Å². The maximum Gasteiger partial charge on any atom is 0.145 e. The van der Waals surface area contributed by atoms with Crippen LogP contribution in [0.5, 0.6) is 0 Å². The number of aliphatic hydroxyl groups is 1.